The van der Waals surface area contributed by atoms with E-state index in [-0.39, 0.29) is 0 Å². The van der Waals surface area contributed by atoms with Crippen molar-refractivity contribution in [3.05, 3.63) is 24.4 Å². The fourth-order valence-electron chi connectivity index (χ4n) is 1.31. The summed E-state index contributed by atoms with van der Waals surface area (Å²) in [5, 5.41) is 4.54. The summed E-state index contributed by atoms with van der Waals surface area (Å²) in [7, 11) is 4.22. The van der Waals surface area contributed by atoms with Crippen LogP contribution >= 0.6 is 11.8 Å². The van der Waals surface area contributed by atoms with Crippen molar-refractivity contribution >= 4 is 11.8 Å². The van der Waals surface area contributed by atoms with Crippen LogP contribution in [0.4, 0.5) is 0 Å². The third-order valence-electron chi connectivity index (χ3n) is 2.13. The summed E-state index contributed by atoms with van der Waals surface area (Å²) in [6, 6.07) is 6.03. The van der Waals surface area contributed by atoms with Gasteiger partial charge in [0.1, 0.15) is 0 Å². The van der Waals surface area contributed by atoms with E-state index < -0.39 is 0 Å². The Balaban J connectivity index is 1.93. The van der Waals surface area contributed by atoms with Gasteiger partial charge in [0.2, 0.25) is 0 Å². The van der Waals surface area contributed by atoms with Gasteiger partial charge < -0.3 is 10.2 Å². The maximum atomic E-state index is 4.26. The van der Waals surface area contributed by atoms with Gasteiger partial charge in [-0.2, -0.15) is 0 Å². The summed E-state index contributed by atoms with van der Waals surface area (Å²) < 4.78 is 0. The topological polar surface area (TPSA) is 28.2 Å². The van der Waals surface area contributed by atoms with Crippen molar-refractivity contribution in [2.75, 3.05) is 39.5 Å². The first-order chi connectivity index (χ1) is 7.79. The van der Waals surface area contributed by atoms with Gasteiger partial charge in [-0.25, -0.2) is 4.98 Å². The molecule has 0 aliphatic heterocycles. The van der Waals surface area contributed by atoms with Crippen LogP contribution in [0.15, 0.2) is 29.4 Å². The Kier molecular flexibility index (Phi) is 7.21. The van der Waals surface area contributed by atoms with Gasteiger partial charge in [-0.05, 0) is 45.7 Å². The number of rotatable bonds is 8. The molecule has 3 nitrogen and oxygen atoms in total. The number of aromatic nitrogens is 1. The molecular formula is C12H21N3S. The molecule has 90 valence electrons. The van der Waals surface area contributed by atoms with E-state index in [4.69, 9.17) is 0 Å². The molecule has 1 N–H and O–H groups in total. The van der Waals surface area contributed by atoms with E-state index in [2.05, 4.69) is 35.4 Å². The van der Waals surface area contributed by atoms with E-state index in [9.17, 15) is 0 Å². The SMILES string of the molecule is CN(C)CCCNCCSc1ccccn1. The third-order valence-corrected chi connectivity index (χ3v) is 3.07. The van der Waals surface area contributed by atoms with Crippen LogP contribution in [0.5, 0.6) is 0 Å². The number of thioether (sulfide) groups is 1. The average molecular weight is 239 g/mol. The first-order valence-corrected chi connectivity index (χ1v) is 6.67. The highest BCUT2D eigenvalue weighted by atomic mass is 32.2. The molecule has 0 aromatic carbocycles. The monoisotopic (exact) mass is 239 g/mol. The van der Waals surface area contributed by atoms with Crippen LogP contribution < -0.4 is 5.32 Å². The first-order valence-electron chi connectivity index (χ1n) is 5.68. The Morgan fingerprint density at radius 1 is 1.31 bits per heavy atom. The Morgan fingerprint density at radius 2 is 2.19 bits per heavy atom. The maximum Gasteiger partial charge on any atom is 0.0960 e. The van der Waals surface area contributed by atoms with Gasteiger partial charge in [-0.15, -0.1) is 11.8 Å². The van der Waals surface area contributed by atoms with E-state index in [1.54, 1.807) is 11.8 Å². The maximum absolute atomic E-state index is 4.26. The van der Waals surface area contributed by atoms with Gasteiger partial charge in [-0.3, -0.25) is 0 Å². The van der Waals surface area contributed by atoms with Crippen LogP contribution in [0, 0.1) is 0 Å². The molecule has 0 bridgehead atoms. The molecule has 0 atom stereocenters. The molecule has 0 saturated carbocycles. The number of pyridine rings is 1. The molecule has 0 fully saturated rings. The minimum atomic E-state index is 1.05. The molecule has 1 aromatic heterocycles. The van der Waals surface area contributed by atoms with Crippen molar-refractivity contribution in [2.45, 2.75) is 11.4 Å². The van der Waals surface area contributed by atoms with Crippen molar-refractivity contribution in [2.24, 2.45) is 0 Å². The average Bonchev–Trinajstić information content (AvgIpc) is 2.29. The second-order valence-corrected chi connectivity index (χ2v) is 5.04. The van der Waals surface area contributed by atoms with E-state index in [1.165, 1.54) is 6.42 Å². The lowest BCUT2D eigenvalue weighted by atomic mass is 10.4. The Bertz CT molecular complexity index is 264. The van der Waals surface area contributed by atoms with Crippen molar-refractivity contribution in [1.82, 2.24) is 15.2 Å². The van der Waals surface area contributed by atoms with Crippen LogP contribution in [0.3, 0.4) is 0 Å². The highest BCUT2D eigenvalue weighted by molar-refractivity contribution is 7.99. The van der Waals surface area contributed by atoms with Crippen LogP contribution in [0.25, 0.3) is 0 Å². The quantitative estimate of drug-likeness (QED) is 0.552. The molecule has 16 heavy (non-hydrogen) atoms. The summed E-state index contributed by atoms with van der Waals surface area (Å²) in [5.74, 6) is 1.08. The highest BCUT2D eigenvalue weighted by Gasteiger charge is 1.94. The molecule has 0 saturated heterocycles. The molecular weight excluding hydrogens is 218 g/mol. The standard InChI is InChI=1S/C12H21N3S/c1-15(2)10-5-7-13-9-11-16-12-6-3-4-8-14-12/h3-4,6,8,13H,5,7,9-11H2,1-2H3. The summed E-state index contributed by atoms with van der Waals surface area (Å²) in [4.78, 5) is 6.48. The molecule has 4 heteroatoms. The first kappa shape index (κ1) is 13.5. The van der Waals surface area contributed by atoms with E-state index in [0.717, 1.165) is 30.4 Å². The largest absolute Gasteiger partial charge is 0.316 e. The van der Waals surface area contributed by atoms with Gasteiger partial charge in [0.25, 0.3) is 0 Å². The lowest BCUT2D eigenvalue weighted by Crippen LogP contribution is -2.23. The van der Waals surface area contributed by atoms with E-state index in [0.29, 0.717) is 0 Å². The molecule has 0 amide bonds. The predicted octanol–water partition coefficient (Wildman–Crippen LogP) is 1.72. The van der Waals surface area contributed by atoms with Gasteiger partial charge in [0.05, 0.1) is 5.03 Å². The number of nitrogens with zero attached hydrogens (tertiary/aromatic N) is 2. The minimum absolute atomic E-state index is 1.05. The number of hydrogen-bond donors (Lipinski definition) is 1. The third kappa shape index (κ3) is 6.82. The highest BCUT2D eigenvalue weighted by Crippen LogP contribution is 2.12. The summed E-state index contributed by atoms with van der Waals surface area (Å²) in [6.45, 7) is 3.30. The second kappa shape index (κ2) is 8.56. The van der Waals surface area contributed by atoms with E-state index >= 15 is 0 Å². The zero-order valence-corrected chi connectivity index (χ0v) is 11.0. The van der Waals surface area contributed by atoms with Crippen LogP contribution in [0.2, 0.25) is 0 Å². The van der Waals surface area contributed by atoms with Crippen LogP contribution in [-0.4, -0.2) is 49.4 Å². The Labute approximate surface area is 103 Å². The zero-order chi connectivity index (χ0) is 11.6. The van der Waals surface area contributed by atoms with Crippen molar-refractivity contribution < 1.29 is 0 Å². The Morgan fingerprint density at radius 3 is 2.88 bits per heavy atom. The molecule has 1 rings (SSSR count). The molecule has 1 aromatic rings. The molecule has 0 unspecified atom stereocenters. The number of nitrogens with one attached hydrogen (secondary N) is 1. The van der Waals surface area contributed by atoms with Crippen LogP contribution in [-0.2, 0) is 0 Å². The fourth-order valence-corrected chi connectivity index (χ4v) is 2.07. The molecule has 0 aliphatic carbocycles. The lowest BCUT2D eigenvalue weighted by Gasteiger charge is -2.09. The van der Waals surface area contributed by atoms with E-state index in [1.807, 2.05) is 18.3 Å². The van der Waals surface area contributed by atoms with Gasteiger partial charge in [0, 0.05) is 18.5 Å². The van der Waals surface area contributed by atoms with Crippen molar-refractivity contribution in [3.8, 4) is 0 Å². The van der Waals surface area contributed by atoms with Gasteiger partial charge in [-0.1, -0.05) is 6.07 Å². The summed E-state index contributed by atoms with van der Waals surface area (Å²) in [5.41, 5.74) is 0. The predicted molar refractivity (Wildman–Crippen MR) is 71.0 cm³/mol. The summed E-state index contributed by atoms with van der Waals surface area (Å²) in [6.07, 6.45) is 3.05. The van der Waals surface area contributed by atoms with Crippen molar-refractivity contribution in [1.29, 1.82) is 0 Å². The second-order valence-electron chi connectivity index (χ2n) is 3.92. The van der Waals surface area contributed by atoms with Gasteiger partial charge >= 0.3 is 0 Å². The zero-order valence-electron chi connectivity index (χ0n) is 10.1. The molecule has 0 aliphatic rings. The fraction of sp³-hybridized carbons (Fsp3) is 0.583. The molecule has 1 heterocycles. The van der Waals surface area contributed by atoms with Crippen molar-refractivity contribution in [3.63, 3.8) is 0 Å². The molecule has 0 radical (unpaired) electrons. The number of hydrogen-bond acceptors (Lipinski definition) is 4. The lowest BCUT2D eigenvalue weighted by molar-refractivity contribution is 0.396. The van der Waals surface area contributed by atoms with Crippen LogP contribution in [0.1, 0.15) is 6.42 Å². The summed E-state index contributed by atoms with van der Waals surface area (Å²) >= 11 is 1.80. The Hall–Kier alpha value is -0.580. The smallest absolute Gasteiger partial charge is 0.0960 e. The minimum Gasteiger partial charge on any atom is -0.316 e. The normalized spacial score (nSPS) is 10.9. The van der Waals surface area contributed by atoms with Gasteiger partial charge in [0.15, 0.2) is 0 Å². The molecule has 0 spiro atoms.